The van der Waals surface area contributed by atoms with Crippen molar-refractivity contribution in [1.29, 1.82) is 0 Å². The van der Waals surface area contributed by atoms with E-state index >= 15 is 0 Å². The molecule has 0 fully saturated rings. The van der Waals surface area contributed by atoms with Gasteiger partial charge in [-0.05, 0) is 42.3 Å². The molecule has 1 N–H and O–H groups in total. The molecule has 7 heteroatoms. The van der Waals surface area contributed by atoms with E-state index in [-0.39, 0.29) is 10.8 Å². The average molecular weight is 453 g/mol. The van der Waals surface area contributed by atoms with Crippen LogP contribution in [-0.2, 0) is 10.0 Å². The number of ether oxygens (including phenoxy) is 1. The number of sulfonamides is 1. The van der Waals surface area contributed by atoms with Crippen molar-refractivity contribution in [3.8, 4) is 16.9 Å². The van der Waals surface area contributed by atoms with Crippen LogP contribution in [0.1, 0.15) is 31.1 Å². The Kier molecular flexibility index (Phi) is 7.66. The number of rotatable bonds is 9. The van der Waals surface area contributed by atoms with Gasteiger partial charge in [0, 0.05) is 18.7 Å². The van der Waals surface area contributed by atoms with Crippen LogP contribution in [0.15, 0.2) is 77.7 Å². The van der Waals surface area contributed by atoms with E-state index in [1.807, 2.05) is 49.4 Å². The number of nitrogens with one attached hydrogen (secondary N) is 1. The monoisotopic (exact) mass is 452 g/mol. The van der Waals surface area contributed by atoms with Crippen LogP contribution >= 0.6 is 0 Å². The maximum absolute atomic E-state index is 13.2. The zero-order chi connectivity index (χ0) is 23.1. The number of carbonyl (C=O) groups is 1. The smallest absolute Gasteiger partial charge is 0.256 e. The van der Waals surface area contributed by atoms with Crippen LogP contribution in [0.2, 0.25) is 0 Å². The van der Waals surface area contributed by atoms with Gasteiger partial charge in [0.05, 0.1) is 17.2 Å². The first kappa shape index (κ1) is 23.5. The normalized spacial score (nSPS) is 11.4. The van der Waals surface area contributed by atoms with E-state index in [0.29, 0.717) is 36.7 Å². The van der Waals surface area contributed by atoms with E-state index in [0.717, 1.165) is 11.1 Å². The van der Waals surface area contributed by atoms with Gasteiger partial charge in [0.25, 0.3) is 5.91 Å². The van der Waals surface area contributed by atoms with Gasteiger partial charge in [-0.2, -0.15) is 4.31 Å². The van der Waals surface area contributed by atoms with Crippen molar-refractivity contribution in [2.75, 3.05) is 25.0 Å². The highest BCUT2D eigenvalue weighted by molar-refractivity contribution is 7.89. The van der Waals surface area contributed by atoms with Gasteiger partial charge in [0.1, 0.15) is 5.75 Å². The number of carbonyl (C=O) groups excluding carboxylic acids is 1. The lowest BCUT2D eigenvalue weighted by Crippen LogP contribution is -2.30. The quantitative estimate of drug-likeness (QED) is 0.494. The lowest BCUT2D eigenvalue weighted by molar-refractivity contribution is 0.102. The molecule has 0 radical (unpaired) electrons. The number of benzene rings is 3. The van der Waals surface area contributed by atoms with Crippen molar-refractivity contribution in [3.63, 3.8) is 0 Å². The van der Waals surface area contributed by atoms with Gasteiger partial charge in [0.2, 0.25) is 10.0 Å². The van der Waals surface area contributed by atoms with Crippen molar-refractivity contribution in [2.45, 2.75) is 25.7 Å². The summed E-state index contributed by atoms with van der Waals surface area (Å²) in [6, 6.07) is 21.5. The molecular formula is C25H28N2O4S. The minimum absolute atomic E-state index is 0.108. The molecule has 0 aromatic heterocycles. The molecule has 32 heavy (non-hydrogen) atoms. The molecule has 0 bridgehead atoms. The van der Waals surface area contributed by atoms with Crippen LogP contribution in [0.3, 0.4) is 0 Å². The molecule has 168 valence electrons. The van der Waals surface area contributed by atoms with Crippen LogP contribution in [0.5, 0.6) is 5.75 Å². The summed E-state index contributed by atoms with van der Waals surface area (Å²) in [5.41, 5.74) is 2.50. The number of hydrogen-bond donors (Lipinski definition) is 1. The third-order valence-corrected chi connectivity index (χ3v) is 7.14. The van der Waals surface area contributed by atoms with Gasteiger partial charge in [-0.3, -0.25) is 4.79 Å². The summed E-state index contributed by atoms with van der Waals surface area (Å²) >= 11 is 0. The second kappa shape index (κ2) is 10.4. The summed E-state index contributed by atoms with van der Waals surface area (Å²) in [5, 5.41) is 2.86. The fourth-order valence-electron chi connectivity index (χ4n) is 3.50. The van der Waals surface area contributed by atoms with E-state index in [2.05, 4.69) is 5.32 Å². The van der Waals surface area contributed by atoms with Gasteiger partial charge in [0.15, 0.2) is 0 Å². The third kappa shape index (κ3) is 5.00. The van der Waals surface area contributed by atoms with Crippen LogP contribution in [0.25, 0.3) is 11.1 Å². The van der Waals surface area contributed by atoms with Crippen molar-refractivity contribution < 1.29 is 17.9 Å². The lowest BCUT2D eigenvalue weighted by Gasteiger charge is -2.20. The van der Waals surface area contributed by atoms with E-state index in [1.54, 1.807) is 32.0 Å². The van der Waals surface area contributed by atoms with Crippen LogP contribution < -0.4 is 10.1 Å². The van der Waals surface area contributed by atoms with E-state index in [4.69, 9.17) is 4.74 Å². The van der Waals surface area contributed by atoms with Crippen molar-refractivity contribution in [1.82, 2.24) is 4.31 Å². The molecule has 0 heterocycles. The molecule has 1 amide bonds. The molecular weight excluding hydrogens is 424 g/mol. The van der Waals surface area contributed by atoms with Gasteiger partial charge < -0.3 is 10.1 Å². The molecule has 0 spiro atoms. The lowest BCUT2D eigenvalue weighted by atomic mass is 9.99. The number of nitrogens with zero attached hydrogens (tertiary/aromatic N) is 1. The highest BCUT2D eigenvalue weighted by Crippen LogP contribution is 2.31. The molecule has 0 saturated heterocycles. The summed E-state index contributed by atoms with van der Waals surface area (Å²) in [6.45, 7) is 6.51. The molecule has 0 atom stereocenters. The molecule has 0 saturated carbocycles. The van der Waals surface area contributed by atoms with Gasteiger partial charge in [-0.15, -0.1) is 0 Å². The number of anilines is 1. The Morgan fingerprint density at radius 1 is 0.906 bits per heavy atom. The van der Waals surface area contributed by atoms with E-state index in [9.17, 15) is 13.2 Å². The highest BCUT2D eigenvalue weighted by Gasteiger charge is 2.24. The van der Waals surface area contributed by atoms with Gasteiger partial charge >= 0.3 is 0 Å². The average Bonchev–Trinajstić information content (AvgIpc) is 2.81. The fourth-order valence-corrected chi connectivity index (χ4v) is 4.99. The topological polar surface area (TPSA) is 75.7 Å². The Morgan fingerprint density at radius 3 is 2.22 bits per heavy atom. The largest absolute Gasteiger partial charge is 0.492 e. The van der Waals surface area contributed by atoms with Crippen LogP contribution in [0.4, 0.5) is 5.69 Å². The Balaban J connectivity index is 2.01. The Labute approximate surface area is 189 Å². The standard InChI is InChI=1S/C25H28N2O4S/c1-4-27(5-2)32(29,30)20-16-17-24(31-6-3)23(18-20)26-25(28)22-15-11-10-14-21(22)19-12-8-7-9-13-19/h7-18H,4-6H2,1-3H3,(H,26,28). The summed E-state index contributed by atoms with van der Waals surface area (Å²) in [7, 11) is -3.68. The van der Waals surface area contributed by atoms with Gasteiger partial charge in [-0.1, -0.05) is 62.4 Å². The molecule has 0 aliphatic carbocycles. The molecule has 0 unspecified atom stereocenters. The predicted octanol–water partition coefficient (Wildman–Crippen LogP) is 5.04. The fraction of sp³-hybridized carbons (Fsp3) is 0.240. The second-order valence-electron chi connectivity index (χ2n) is 7.05. The first-order valence-corrected chi connectivity index (χ1v) is 12.1. The van der Waals surface area contributed by atoms with E-state index < -0.39 is 10.0 Å². The Hall–Kier alpha value is -3.16. The number of amides is 1. The first-order chi connectivity index (χ1) is 15.4. The van der Waals surface area contributed by atoms with Crippen molar-refractivity contribution >= 4 is 21.6 Å². The SMILES string of the molecule is CCOc1ccc(S(=O)(=O)N(CC)CC)cc1NC(=O)c1ccccc1-c1ccccc1. The number of hydrogen-bond acceptors (Lipinski definition) is 4. The molecule has 3 aromatic rings. The van der Waals surface area contributed by atoms with Gasteiger partial charge in [-0.25, -0.2) is 8.42 Å². The maximum atomic E-state index is 13.2. The zero-order valence-corrected chi connectivity index (χ0v) is 19.4. The van der Waals surface area contributed by atoms with Crippen LogP contribution in [-0.4, -0.2) is 38.3 Å². The van der Waals surface area contributed by atoms with Crippen LogP contribution in [0, 0.1) is 0 Å². The highest BCUT2D eigenvalue weighted by atomic mass is 32.2. The minimum Gasteiger partial charge on any atom is -0.492 e. The summed E-state index contributed by atoms with van der Waals surface area (Å²) in [5.74, 6) is 0.0688. The summed E-state index contributed by atoms with van der Waals surface area (Å²) in [6.07, 6.45) is 0. The van der Waals surface area contributed by atoms with Crippen molar-refractivity contribution in [3.05, 3.63) is 78.4 Å². The van der Waals surface area contributed by atoms with E-state index in [1.165, 1.54) is 16.4 Å². The molecule has 3 rings (SSSR count). The Bertz CT molecular complexity index is 1170. The second-order valence-corrected chi connectivity index (χ2v) is 8.98. The molecule has 0 aliphatic heterocycles. The molecule has 3 aromatic carbocycles. The molecule has 0 aliphatic rings. The van der Waals surface area contributed by atoms with Crippen molar-refractivity contribution in [2.24, 2.45) is 0 Å². The first-order valence-electron chi connectivity index (χ1n) is 10.6. The minimum atomic E-state index is -3.68. The zero-order valence-electron chi connectivity index (χ0n) is 18.5. The summed E-state index contributed by atoms with van der Waals surface area (Å²) < 4.78 is 33.0. The third-order valence-electron chi connectivity index (χ3n) is 5.10. The summed E-state index contributed by atoms with van der Waals surface area (Å²) in [4.78, 5) is 13.4. The maximum Gasteiger partial charge on any atom is 0.256 e. The Morgan fingerprint density at radius 2 is 1.56 bits per heavy atom. The molecule has 6 nitrogen and oxygen atoms in total. The predicted molar refractivity (Wildman–Crippen MR) is 128 cm³/mol.